The number of nitrogens with one attached hydrogen (secondary N) is 1. The average Bonchev–Trinajstić information content (AvgIpc) is 2.98. The molecule has 1 N–H and O–H groups in total. The first-order valence-corrected chi connectivity index (χ1v) is 11.2. The van der Waals surface area contributed by atoms with Gasteiger partial charge in [-0.1, -0.05) is 66.7 Å². The molecule has 1 aliphatic rings. The lowest BCUT2D eigenvalue weighted by molar-refractivity contribution is -0.123. The number of benzodiazepines with no additional fused rings is 1. The van der Waals surface area contributed by atoms with Crippen LogP contribution in [0.2, 0.25) is 0 Å². The molecular formula is C27H26N4O4. The van der Waals surface area contributed by atoms with Crippen LogP contribution in [-0.4, -0.2) is 43.4 Å². The van der Waals surface area contributed by atoms with E-state index in [9.17, 15) is 14.4 Å². The summed E-state index contributed by atoms with van der Waals surface area (Å²) >= 11 is 0. The highest BCUT2D eigenvalue weighted by Crippen LogP contribution is 2.26. The molecule has 1 atom stereocenters. The van der Waals surface area contributed by atoms with E-state index in [2.05, 4.69) is 10.3 Å². The van der Waals surface area contributed by atoms with Gasteiger partial charge in [0.15, 0.2) is 0 Å². The van der Waals surface area contributed by atoms with Crippen molar-refractivity contribution in [3.8, 4) is 0 Å². The number of alkyl carbamates (subject to hydrolysis) is 1. The van der Waals surface area contributed by atoms with Crippen LogP contribution < -0.4 is 15.1 Å². The quantitative estimate of drug-likeness (QED) is 0.594. The summed E-state index contributed by atoms with van der Waals surface area (Å²) in [6.45, 7) is 1.60. The van der Waals surface area contributed by atoms with E-state index in [-0.39, 0.29) is 19.1 Å². The van der Waals surface area contributed by atoms with E-state index in [0.29, 0.717) is 22.6 Å². The third-order valence-corrected chi connectivity index (χ3v) is 5.69. The van der Waals surface area contributed by atoms with Crippen molar-refractivity contribution in [2.45, 2.75) is 19.7 Å². The lowest BCUT2D eigenvalue weighted by Gasteiger charge is -2.27. The molecule has 0 aromatic heterocycles. The van der Waals surface area contributed by atoms with Crippen LogP contribution >= 0.6 is 0 Å². The maximum Gasteiger partial charge on any atom is 0.409 e. The molecule has 0 bridgehead atoms. The number of aliphatic imine (C=N–C) groups is 1. The number of benzene rings is 3. The van der Waals surface area contributed by atoms with Crippen molar-refractivity contribution in [2.24, 2.45) is 4.99 Å². The molecule has 0 saturated carbocycles. The normalized spacial score (nSPS) is 14.9. The first-order valence-electron chi connectivity index (χ1n) is 11.2. The van der Waals surface area contributed by atoms with Crippen molar-refractivity contribution in [3.05, 3.63) is 96.1 Å². The van der Waals surface area contributed by atoms with Gasteiger partial charge in [-0.05, 0) is 30.7 Å². The van der Waals surface area contributed by atoms with Gasteiger partial charge in [0, 0.05) is 24.0 Å². The molecule has 0 fully saturated rings. The average molecular weight is 471 g/mol. The Morgan fingerprint density at radius 2 is 1.60 bits per heavy atom. The molecule has 1 aliphatic heterocycles. The van der Waals surface area contributed by atoms with Gasteiger partial charge in [0.25, 0.3) is 5.91 Å². The van der Waals surface area contributed by atoms with E-state index in [0.717, 1.165) is 5.56 Å². The van der Waals surface area contributed by atoms with E-state index in [1.807, 2.05) is 72.8 Å². The van der Waals surface area contributed by atoms with Crippen LogP contribution in [0.15, 0.2) is 89.9 Å². The van der Waals surface area contributed by atoms with Crippen molar-refractivity contribution in [2.75, 3.05) is 23.4 Å². The van der Waals surface area contributed by atoms with Gasteiger partial charge in [0.05, 0.1) is 5.69 Å². The molecule has 35 heavy (non-hydrogen) atoms. The fourth-order valence-electron chi connectivity index (χ4n) is 3.77. The van der Waals surface area contributed by atoms with Gasteiger partial charge < -0.3 is 9.64 Å². The van der Waals surface area contributed by atoms with Crippen LogP contribution in [0.25, 0.3) is 0 Å². The van der Waals surface area contributed by atoms with E-state index in [4.69, 9.17) is 4.74 Å². The standard InChI is InChI=1S/C27H26N4O4/c1-19-22-15-9-10-16-23(22)31(17-24(32)30(2)21-13-7-4-8-14-21)26(33)25(28-19)29-27(34)35-18-20-11-5-3-6-12-20/h3-16,25H,17-18H2,1-2H3,(H,29,34). The van der Waals surface area contributed by atoms with Crippen LogP contribution in [0.3, 0.4) is 0 Å². The number of fused-ring (bicyclic) bond motifs is 1. The largest absolute Gasteiger partial charge is 0.445 e. The van der Waals surface area contributed by atoms with E-state index < -0.39 is 18.2 Å². The predicted molar refractivity (Wildman–Crippen MR) is 134 cm³/mol. The minimum absolute atomic E-state index is 0.0561. The minimum atomic E-state index is -1.24. The third kappa shape index (κ3) is 5.55. The van der Waals surface area contributed by atoms with Crippen LogP contribution in [0, 0.1) is 0 Å². The Balaban J connectivity index is 1.54. The summed E-state index contributed by atoms with van der Waals surface area (Å²) in [6.07, 6.45) is -2.01. The first-order chi connectivity index (χ1) is 16.9. The highest BCUT2D eigenvalue weighted by molar-refractivity contribution is 6.14. The van der Waals surface area contributed by atoms with Gasteiger partial charge in [0.2, 0.25) is 12.1 Å². The van der Waals surface area contributed by atoms with Gasteiger partial charge in [-0.15, -0.1) is 0 Å². The number of carbonyl (C=O) groups excluding carboxylic acids is 3. The first kappa shape index (κ1) is 23.7. The van der Waals surface area contributed by atoms with Gasteiger partial charge in [-0.25, -0.2) is 4.79 Å². The Morgan fingerprint density at radius 3 is 2.31 bits per heavy atom. The summed E-state index contributed by atoms with van der Waals surface area (Å²) in [6, 6.07) is 25.6. The molecule has 0 radical (unpaired) electrons. The summed E-state index contributed by atoms with van der Waals surface area (Å²) in [5.74, 6) is -0.815. The highest BCUT2D eigenvalue weighted by atomic mass is 16.5. The van der Waals surface area contributed by atoms with E-state index in [1.165, 1.54) is 9.80 Å². The van der Waals surface area contributed by atoms with E-state index in [1.54, 1.807) is 26.1 Å². The number of hydrogen-bond donors (Lipinski definition) is 1. The Hall–Kier alpha value is -4.46. The lowest BCUT2D eigenvalue weighted by atomic mass is 10.1. The fraction of sp³-hybridized carbons (Fsp3) is 0.185. The number of carbonyl (C=O) groups is 3. The number of ether oxygens (including phenoxy) is 1. The van der Waals surface area contributed by atoms with Crippen molar-refractivity contribution in [1.29, 1.82) is 0 Å². The van der Waals surface area contributed by atoms with Crippen LogP contribution in [0.4, 0.5) is 16.2 Å². The van der Waals surface area contributed by atoms with Gasteiger partial charge in [-0.2, -0.15) is 0 Å². The Bertz CT molecular complexity index is 1240. The minimum Gasteiger partial charge on any atom is -0.445 e. The smallest absolute Gasteiger partial charge is 0.409 e. The monoisotopic (exact) mass is 470 g/mol. The Kier molecular flexibility index (Phi) is 7.21. The molecule has 3 aromatic carbocycles. The van der Waals surface area contributed by atoms with Crippen molar-refractivity contribution < 1.29 is 19.1 Å². The third-order valence-electron chi connectivity index (χ3n) is 5.69. The van der Waals surface area contributed by atoms with Crippen LogP contribution in [0.1, 0.15) is 18.1 Å². The molecule has 1 unspecified atom stereocenters. The number of para-hydroxylation sites is 2. The van der Waals surface area contributed by atoms with Crippen LogP contribution in [0.5, 0.6) is 0 Å². The number of rotatable bonds is 6. The van der Waals surface area contributed by atoms with Gasteiger partial charge in [0.1, 0.15) is 13.2 Å². The second-order valence-corrected chi connectivity index (χ2v) is 8.05. The zero-order chi connectivity index (χ0) is 24.8. The molecular weight excluding hydrogens is 444 g/mol. The zero-order valence-corrected chi connectivity index (χ0v) is 19.5. The Morgan fingerprint density at radius 1 is 0.971 bits per heavy atom. The summed E-state index contributed by atoms with van der Waals surface area (Å²) in [5.41, 5.74) is 3.35. The summed E-state index contributed by atoms with van der Waals surface area (Å²) in [4.78, 5) is 46.5. The second-order valence-electron chi connectivity index (χ2n) is 8.05. The lowest BCUT2D eigenvalue weighted by Crippen LogP contribution is -2.50. The molecule has 0 spiro atoms. The number of nitrogens with zero attached hydrogens (tertiary/aromatic N) is 3. The number of amides is 3. The van der Waals surface area contributed by atoms with E-state index >= 15 is 0 Å². The predicted octanol–water partition coefficient (Wildman–Crippen LogP) is 3.76. The number of likely N-dealkylation sites (N-methyl/N-ethyl adjacent to an activating group) is 1. The van der Waals surface area contributed by atoms with Crippen molar-refractivity contribution in [3.63, 3.8) is 0 Å². The molecule has 3 aromatic rings. The summed E-state index contributed by atoms with van der Waals surface area (Å²) in [7, 11) is 1.66. The summed E-state index contributed by atoms with van der Waals surface area (Å²) < 4.78 is 5.28. The molecule has 0 saturated heterocycles. The maximum absolute atomic E-state index is 13.5. The number of hydrogen-bond acceptors (Lipinski definition) is 5. The fourth-order valence-corrected chi connectivity index (χ4v) is 3.77. The molecule has 3 amide bonds. The van der Waals surface area contributed by atoms with Gasteiger partial charge >= 0.3 is 6.09 Å². The zero-order valence-electron chi connectivity index (χ0n) is 19.5. The molecule has 1 heterocycles. The van der Waals surface area contributed by atoms with Crippen molar-refractivity contribution >= 4 is 35.0 Å². The summed E-state index contributed by atoms with van der Waals surface area (Å²) in [5, 5.41) is 2.54. The molecule has 0 aliphatic carbocycles. The Labute approximate surface area is 203 Å². The maximum atomic E-state index is 13.5. The van der Waals surface area contributed by atoms with Crippen LogP contribution in [-0.2, 0) is 20.9 Å². The topological polar surface area (TPSA) is 91.3 Å². The van der Waals surface area contributed by atoms with Crippen molar-refractivity contribution in [1.82, 2.24) is 5.32 Å². The SMILES string of the molecule is CC1=NC(NC(=O)OCc2ccccc2)C(=O)N(CC(=O)N(C)c2ccccc2)c2ccccc21. The van der Waals surface area contributed by atoms with Gasteiger partial charge in [-0.3, -0.25) is 24.8 Å². The number of anilines is 2. The highest BCUT2D eigenvalue weighted by Gasteiger charge is 2.33. The molecule has 4 rings (SSSR count). The molecule has 178 valence electrons. The second kappa shape index (κ2) is 10.6. The molecule has 8 heteroatoms. The molecule has 8 nitrogen and oxygen atoms in total.